The predicted octanol–water partition coefficient (Wildman–Crippen LogP) is 1.07. The molecule has 1 aliphatic heterocycles. The quantitative estimate of drug-likeness (QED) is 0.520. The second-order valence-electron chi connectivity index (χ2n) is 7.35. The van der Waals surface area contributed by atoms with Crippen molar-refractivity contribution in [3.8, 4) is 23.0 Å². The number of para-hydroxylation sites is 1. The summed E-state index contributed by atoms with van der Waals surface area (Å²) in [5.41, 5.74) is 1.49. The third-order valence-electron chi connectivity index (χ3n) is 5.36. The van der Waals surface area contributed by atoms with E-state index in [0.29, 0.717) is 66.8 Å². The summed E-state index contributed by atoms with van der Waals surface area (Å²) >= 11 is 0. The molecule has 8 heteroatoms. The van der Waals surface area contributed by atoms with Crippen LogP contribution in [0, 0.1) is 0 Å². The minimum atomic E-state index is -0.276. The molecule has 0 spiro atoms. The van der Waals surface area contributed by atoms with Crippen LogP contribution in [0.1, 0.15) is 21.5 Å². The Balaban J connectivity index is 1.94. The fourth-order valence-corrected chi connectivity index (χ4v) is 3.67. The molecule has 1 heterocycles. The van der Waals surface area contributed by atoms with Crippen LogP contribution >= 0.6 is 0 Å². The number of hydrogen-bond donors (Lipinski definition) is 1. The van der Waals surface area contributed by atoms with Gasteiger partial charge in [-0.15, -0.1) is 0 Å². The summed E-state index contributed by atoms with van der Waals surface area (Å²) in [4.78, 5) is 14.1. The number of carbonyl (C=O) groups is 1. The van der Waals surface area contributed by atoms with Crippen molar-refractivity contribution in [3.05, 3.63) is 52.8 Å². The van der Waals surface area contributed by atoms with E-state index >= 15 is 0 Å². The first kappa shape index (κ1) is 23.6. The van der Waals surface area contributed by atoms with Gasteiger partial charge < -0.3 is 33.7 Å². The van der Waals surface area contributed by atoms with Crippen molar-refractivity contribution >= 4 is 11.9 Å². The van der Waals surface area contributed by atoms with Gasteiger partial charge in [0.1, 0.15) is 25.4 Å². The number of carbonyl (C=O) groups excluding carboxylic acids is 1. The van der Waals surface area contributed by atoms with E-state index in [2.05, 4.69) is 0 Å². The van der Waals surface area contributed by atoms with Crippen LogP contribution in [0.25, 0.3) is 6.08 Å². The number of hydrogen-bond acceptors (Lipinski definition) is 7. The molecule has 3 rings (SSSR count). The zero-order valence-electron chi connectivity index (χ0n) is 18.9. The highest BCUT2D eigenvalue weighted by molar-refractivity contribution is 6.15. The number of methoxy groups -OCH3 is 4. The summed E-state index contributed by atoms with van der Waals surface area (Å²) in [7, 11) is 6.36. The van der Waals surface area contributed by atoms with Gasteiger partial charge in [-0.1, -0.05) is 23.9 Å². The average molecular weight is 443 g/mol. The van der Waals surface area contributed by atoms with Crippen LogP contribution in [0.4, 0.5) is 0 Å². The zero-order valence-corrected chi connectivity index (χ0v) is 18.9. The monoisotopic (exact) mass is 443 g/mol. The van der Waals surface area contributed by atoms with E-state index in [9.17, 15) is 9.90 Å². The average Bonchev–Trinajstić information content (AvgIpc) is 3.12. The number of rotatable bonds is 11. The Morgan fingerprint density at radius 2 is 1.72 bits per heavy atom. The number of nitrogens with one attached hydrogen (secondary N) is 1. The van der Waals surface area contributed by atoms with Crippen LogP contribution < -0.4 is 24.2 Å². The Morgan fingerprint density at radius 3 is 2.34 bits per heavy atom. The highest BCUT2D eigenvalue weighted by atomic mass is 16.5. The summed E-state index contributed by atoms with van der Waals surface area (Å²) in [6.45, 7) is 2.88. The Kier molecular flexibility index (Phi) is 8.10. The van der Waals surface area contributed by atoms with Crippen molar-refractivity contribution in [3.63, 3.8) is 0 Å². The highest BCUT2D eigenvalue weighted by Gasteiger charge is 2.31. The van der Waals surface area contributed by atoms with Gasteiger partial charge in [-0.05, 0) is 18.2 Å². The molecule has 2 aromatic rings. The molecule has 0 radical (unpaired) electrons. The maximum atomic E-state index is 13.0. The molecule has 0 aromatic heterocycles. The topological polar surface area (TPSA) is 90.7 Å². The van der Waals surface area contributed by atoms with Gasteiger partial charge in [0.2, 0.25) is 5.78 Å². The van der Waals surface area contributed by atoms with Gasteiger partial charge in [-0.3, -0.25) is 4.79 Å². The summed E-state index contributed by atoms with van der Waals surface area (Å²) in [5.74, 6) is 1.06. The lowest BCUT2D eigenvalue weighted by atomic mass is 10.0. The van der Waals surface area contributed by atoms with Crippen molar-refractivity contribution in [2.75, 3.05) is 54.7 Å². The normalized spacial score (nSPS) is 14.0. The third-order valence-corrected chi connectivity index (χ3v) is 5.36. The predicted molar refractivity (Wildman–Crippen MR) is 117 cm³/mol. The number of Topliss-reactive ketones (excluding diaryl/α,β-unsaturated/α-hetero) is 1. The molecule has 0 fully saturated rings. The van der Waals surface area contributed by atoms with E-state index < -0.39 is 0 Å². The van der Waals surface area contributed by atoms with Crippen LogP contribution in [-0.2, 0) is 16.0 Å². The molecule has 1 aliphatic rings. The Hall–Kier alpha value is -3.07. The van der Waals surface area contributed by atoms with Crippen LogP contribution in [0.3, 0.4) is 0 Å². The van der Waals surface area contributed by atoms with Crippen molar-refractivity contribution in [2.45, 2.75) is 6.54 Å². The molecule has 172 valence electrons. The molecule has 0 unspecified atom stereocenters. The van der Waals surface area contributed by atoms with Crippen molar-refractivity contribution < 1.29 is 38.5 Å². The van der Waals surface area contributed by atoms with Gasteiger partial charge in [-0.2, -0.15) is 0 Å². The van der Waals surface area contributed by atoms with Gasteiger partial charge in [-0.25, -0.2) is 0 Å². The number of quaternary nitrogens is 1. The van der Waals surface area contributed by atoms with Crippen molar-refractivity contribution in [1.82, 2.24) is 0 Å². The third kappa shape index (κ3) is 5.04. The van der Waals surface area contributed by atoms with E-state index in [1.165, 1.54) is 19.2 Å². The first-order chi connectivity index (χ1) is 15.5. The number of ether oxygens (including phenoxy) is 5. The van der Waals surface area contributed by atoms with Gasteiger partial charge in [0.25, 0.3) is 0 Å². The molecule has 1 N–H and O–H groups in total. The van der Waals surface area contributed by atoms with Gasteiger partial charge >= 0.3 is 0 Å². The van der Waals surface area contributed by atoms with Gasteiger partial charge in [0.05, 0.1) is 33.0 Å². The van der Waals surface area contributed by atoms with E-state index in [1.807, 2.05) is 0 Å². The second kappa shape index (κ2) is 11.0. The second-order valence-corrected chi connectivity index (χ2v) is 7.35. The van der Waals surface area contributed by atoms with E-state index in [1.54, 1.807) is 45.6 Å². The fourth-order valence-electron chi connectivity index (χ4n) is 3.67. The molecule has 8 nitrogen and oxygen atoms in total. The molecule has 0 saturated carbocycles. The van der Waals surface area contributed by atoms with E-state index in [4.69, 9.17) is 23.7 Å². The molecule has 0 aliphatic carbocycles. The molecular weight excluding hydrogens is 414 g/mol. The van der Waals surface area contributed by atoms with Crippen LogP contribution in [0.5, 0.6) is 23.0 Å². The molecule has 0 atom stereocenters. The van der Waals surface area contributed by atoms with Crippen LogP contribution in [0.15, 0.2) is 36.1 Å². The number of ketones is 1. The molecular formula is C24H29NO7. The molecule has 0 saturated heterocycles. The molecule has 0 amide bonds. The highest BCUT2D eigenvalue weighted by Crippen LogP contribution is 2.39. The Morgan fingerprint density at radius 1 is 1.00 bits per heavy atom. The summed E-state index contributed by atoms with van der Waals surface area (Å²) < 4.78 is 27.1. The van der Waals surface area contributed by atoms with Crippen LogP contribution in [0.2, 0.25) is 0 Å². The summed E-state index contributed by atoms with van der Waals surface area (Å²) in [6, 6.07) is 8.32. The van der Waals surface area contributed by atoms with E-state index in [-0.39, 0.29) is 17.3 Å². The SMILES string of the molecule is COCC[NH+](CCOC)Cc1c([O-])ccc2c1OC(=Cc1cccc(OC)c1OC)C2=O. The van der Waals surface area contributed by atoms with Crippen molar-refractivity contribution in [1.29, 1.82) is 0 Å². The standard InChI is InChI=1S/C24H29NO7/c1-28-12-10-25(11-13-29-2)15-18-19(26)9-8-17-22(27)21(32-24(17)18)14-16-6-5-7-20(30-3)23(16)31-4/h5-9,14,26H,10-13,15H2,1-4H3. The minimum Gasteiger partial charge on any atom is -0.872 e. The lowest BCUT2D eigenvalue weighted by Crippen LogP contribution is -3.11. The first-order valence-corrected chi connectivity index (χ1v) is 10.3. The largest absolute Gasteiger partial charge is 0.872 e. The summed E-state index contributed by atoms with van der Waals surface area (Å²) in [6.07, 6.45) is 1.61. The van der Waals surface area contributed by atoms with Crippen LogP contribution in [-0.4, -0.2) is 60.5 Å². The molecule has 0 bridgehead atoms. The Labute approximate surface area is 187 Å². The maximum absolute atomic E-state index is 13.0. The minimum absolute atomic E-state index is 0.133. The van der Waals surface area contributed by atoms with E-state index in [0.717, 1.165) is 4.90 Å². The smallest absolute Gasteiger partial charge is 0.231 e. The fraction of sp³-hybridized carbons (Fsp3) is 0.375. The lowest BCUT2D eigenvalue weighted by molar-refractivity contribution is -0.914. The van der Waals surface area contributed by atoms with Gasteiger partial charge in [0, 0.05) is 25.3 Å². The maximum Gasteiger partial charge on any atom is 0.231 e. The van der Waals surface area contributed by atoms with Gasteiger partial charge in [0.15, 0.2) is 17.3 Å². The number of benzene rings is 2. The molecule has 2 aromatic carbocycles. The van der Waals surface area contributed by atoms with Crippen molar-refractivity contribution in [2.24, 2.45) is 0 Å². The lowest BCUT2D eigenvalue weighted by Gasteiger charge is -2.23. The number of allylic oxidation sites excluding steroid dienone is 1. The molecule has 32 heavy (non-hydrogen) atoms. The summed E-state index contributed by atoms with van der Waals surface area (Å²) in [5, 5.41) is 12.7. The first-order valence-electron chi connectivity index (χ1n) is 10.3. The zero-order chi connectivity index (χ0) is 23.1. The Bertz CT molecular complexity index is 979. The number of fused-ring (bicyclic) bond motifs is 1.